The van der Waals surface area contributed by atoms with Crippen LogP contribution in [-0.4, -0.2) is 28.3 Å². The van der Waals surface area contributed by atoms with Crippen molar-refractivity contribution < 1.29 is 4.74 Å². The van der Waals surface area contributed by atoms with Crippen molar-refractivity contribution in [1.29, 1.82) is 0 Å². The highest BCUT2D eigenvalue weighted by atomic mass is 35.5. The normalized spacial score (nSPS) is 10.9. The summed E-state index contributed by atoms with van der Waals surface area (Å²) in [4.78, 5) is 13.0. The summed E-state index contributed by atoms with van der Waals surface area (Å²) >= 11 is 7.60. The second-order valence-electron chi connectivity index (χ2n) is 4.18. The predicted octanol–water partition coefficient (Wildman–Crippen LogP) is 4.01. The van der Waals surface area contributed by atoms with Crippen molar-refractivity contribution >= 4 is 34.5 Å². The lowest BCUT2D eigenvalue weighted by Crippen LogP contribution is -1.89. The van der Waals surface area contributed by atoms with Gasteiger partial charge in [0.2, 0.25) is 0 Å². The van der Waals surface area contributed by atoms with Crippen LogP contribution in [0.1, 0.15) is 0 Å². The van der Waals surface area contributed by atoms with E-state index in [4.69, 9.17) is 16.3 Å². The van der Waals surface area contributed by atoms with E-state index in [0.29, 0.717) is 10.7 Å². The smallest absolute Gasteiger partial charge is 0.178 e. The molecular weight excluding hydrogens is 294 g/mol. The Hall–Kier alpha value is -1.72. The third kappa shape index (κ3) is 2.34. The van der Waals surface area contributed by atoms with Crippen LogP contribution in [0.4, 0.5) is 0 Å². The van der Waals surface area contributed by atoms with Crippen molar-refractivity contribution in [2.45, 2.75) is 4.90 Å². The summed E-state index contributed by atoms with van der Waals surface area (Å²) in [6.45, 7) is 0. The molecule has 0 aliphatic heterocycles. The summed E-state index contributed by atoms with van der Waals surface area (Å²) in [7, 11) is 1.65. The second kappa shape index (κ2) is 5.34. The van der Waals surface area contributed by atoms with Crippen LogP contribution in [0.3, 0.4) is 0 Å². The Bertz CT molecular complexity index is 772. The van der Waals surface area contributed by atoms with Gasteiger partial charge in [-0.1, -0.05) is 11.6 Å². The number of imidazole rings is 1. The van der Waals surface area contributed by atoms with Gasteiger partial charge in [0.15, 0.2) is 5.65 Å². The van der Waals surface area contributed by atoms with E-state index in [9.17, 15) is 0 Å². The Morgan fingerprint density at radius 2 is 2.15 bits per heavy atom. The Morgan fingerprint density at radius 3 is 2.90 bits per heavy atom. The first kappa shape index (κ1) is 13.3. The van der Waals surface area contributed by atoms with Crippen LogP contribution >= 0.6 is 23.4 Å². The molecule has 1 N–H and O–H groups in total. The van der Waals surface area contributed by atoms with Gasteiger partial charge in [0, 0.05) is 11.1 Å². The van der Waals surface area contributed by atoms with Crippen LogP contribution in [0.25, 0.3) is 22.6 Å². The van der Waals surface area contributed by atoms with Crippen molar-refractivity contribution in [1.82, 2.24) is 15.0 Å². The fourth-order valence-corrected chi connectivity index (χ4v) is 2.58. The predicted molar refractivity (Wildman–Crippen MR) is 82.7 cm³/mol. The molecule has 0 aliphatic rings. The lowest BCUT2D eigenvalue weighted by atomic mass is 10.2. The Kier molecular flexibility index (Phi) is 3.54. The van der Waals surface area contributed by atoms with Crippen LogP contribution < -0.4 is 4.74 Å². The molecule has 3 aromatic rings. The molecule has 0 radical (unpaired) electrons. The standard InChI is InChI=1S/C14H12ClN3OS/c1-19-12-6-9(20-2)3-4-10(12)13-17-11-5-8(15)7-16-14(11)18-13/h3-7H,1-2H3,(H,16,17,18). The van der Waals surface area contributed by atoms with E-state index in [1.807, 2.05) is 30.5 Å². The van der Waals surface area contributed by atoms with Gasteiger partial charge >= 0.3 is 0 Å². The van der Waals surface area contributed by atoms with Crippen molar-refractivity contribution in [2.24, 2.45) is 0 Å². The lowest BCUT2D eigenvalue weighted by Gasteiger charge is -2.07. The number of pyridine rings is 1. The monoisotopic (exact) mass is 305 g/mol. The van der Waals surface area contributed by atoms with Crippen LogP contribution in [-0.2, 0) is 0 Å². The molecular formula is C14H12ClN3OS. The topological polar surface area (TPSA) is 50.8 Å². The number of halogens is 1. The highest BCUT2D eigenvalue weighted by Crippen LogP contribution is 2.32. The van der Waals surface area contributed by atoms with Gasteiger partial charge in [-0.2, -0.15) is 0 Å². The van der Waals surface area contributed by atoms with Gasteiger partial charge in [0.1, 0.15) is 11.6 Å². The number of rotatable bonds is 3. The van der Waals surface area contributed by atoms with Gasteiger partial charge in [-0.15, -0.1) is 11.8 Å². The molecule has 2 heterocycles. The number of aromatic amines is 1. The number of ether oxygens (including phenoxy) is 1. The average molecular weight is 306 g/mol. The number of H-pyrrole nitrogens is 1. The van der Waals surface area contributed by atoms with E-state index in [0.717, 1.165) is 27.5 Å². The highest BCUT2D eigenvalue weighted by molar-refractivity contribution is 7.98. The fraction of sp³-hybridized carbons (Fsp3) is 0.143. The molecule has 0 fully saturated rings. The van der Waals surface area contributed by atoms with Crippen LogP contribution in [0.5, 0.6) is 5.75 Å². The molecule has 0 unspecified atom stereocenters. The molecule has 0 aliphatic carbocycles. The third-order valence-electron chi connectivity index (χ3n) is 2.97. The summed E-state index contributed by atoms with van der Waals surface area (Å²) in [5.74, 6) is 1.50. The van der Waals surface area contributed by atoms with E-state index < -0.39 is 0 Å². The minimum absolute atomic E-state index is 0.581. The molecule has 102 valence electrons. The van der Waals surface area contributed by atoms with E-state index >= 15 is 0 Å². The highest BCUT2D eigenvalue weighted by Gasteiger charge is 2.12. The number of hydrogen-bond donors (Lipinski definition) is 1. The molecule has 0 saturated heterocycles. The third-order valence-corrected chi connectivity index (χ3v) is 3.90. The van der Waals surface area contributed by atoms with Gasteiger partial charge in [0.05, 0.1) is 23.2 Å². The lowest BCUT2D eigenvalue weighted by molar-refractivity contribution is 0.415. The number of fused-ring (bicyclic) bond motifs is 1. The minimum atomic E-state index is 0.581. The first-order valence-electron chi connectivity index (χ1n) is 5.95. The van der Waals surface area contributed by atoms with Crippen LogP contribution in [0.2, 0.25) is 5.02 Å². The molecule has 0 amide bonds. The maximum absolute atomic E-state index is 5.93. The Balaban J connectivity index is 2.14. The number of hydrogen-bond acceptors (Lipinski definition) is 4. The summed E-state index contributed by atoms with van der Waals surface area (Å²) in [6.07, 6.45) is 3.62. The Labute approximate surface area is 125 Å². The van der Waals surface area contributed by atoms with E-state index in [1.54, 1.807) is 25.1 Å². The first-order chi connectivity index (χ1) is 9.71. The minimum Gasteiger partial charge on any atom is -0.496 e. The maximum atomic E-state index is 5.93. The van der Waals surface area contributed by atoms with E-state index in [-0.39, 0.29) is 0 Å². The zero-order valence-corrected chi connectivity index (χ0v) is 12.5. The van der Waals surface area contributed by atoms with Crippen molar-refractivity contribution in [3.63, 3.8) is 0 Å². The largest absolute Gasteiger partial charge is 0.496 e. The number of thioether (sulfide) groups is 1. The molecule has 0 saturated carbocycles. The number of nitrogens with one attached hydrogen (secondary N) is 1. The van der Waals surface area contributed by atoms with Gasteiger partial charge in [-0.25, -0.2) is 9.97 Å². The van der Waals surface area contributed by atoms with Gasteiger partial charge < -0.3 is 9.72 Å². The van der Waals surface area contributed by atoms with Gasteiger partial charge in [0.25, 0.3) is 0 Å². The van der Waals surface area contributed by atoms with Crippen LogP contribution in [0, 0.1) is 0 Å². The number of methoxy groups -OCH3 is 1. The van der Waals surface area contributed by atoms with Crippen molar-refractivity contribution in [2.75, 3.05) is 13.4 Å². The molecule has 20 heavy (non-hydrogen) atoms. The van der Waals surface area contributed by atoms with Crippen molar-refractivity contribution in [3.05, 3.63) is 35.5 Å². The number of aromatic nitrogens is 3. The van der Waals surface area contributed by atoms with Crippen molar-refractivity contribution in [3.8, 4) is 17.1 Å². The quantitative estimate of drug-likeness (QED) is 0.743. The first-order valence-corrected chi connectivity index (χ1v) is 7.55. The number of benzene rings is 1. The molecule has 6 heteroatoms. The molecule has 3 rings (SSSR count). The van der Waals surface area contributed by atoms with E-state index in [1.165, 1.54) is 0 Å². The average Bonchev–Trinajstić information content (AvgIpc) is 2.89. The summed E-state index contributed by atoms with van der Waals surface area (Å²) in [5, 5.41) is 0.581. The van der Waals surface area contributed by atoms with Crippen LogP contribution in [0.15, 0.2) is 35.4 Å². The second-order valence-corrected chi connectivity index (χ2v) is 5.49. The Morgan fingerprint density at radius 1 is 1.30 bits per heavy atom. The van der Waals surface area contributed by atoms with Gasteiger partial charge in [-0.3, -0.25) is 0 Å². The SMILES string of the molecule is COc1cc(SC)ccc1-c1nc2ncc(Cl)cc2[nH]1. The summed E-state index contributed by atoms with van der Waals surface area (Å²) < 4.78 is 5.44. The molecule has 0 atom stereocenters. The molecule has 4 nitrogen and oxygen atoms in total. The zero-order valence-electron chi connectivity index (χ0n) is 11.0. The molecule has 0 spiro atoms. The van der Waals surface area contributed by atoms with Gasteiger partial charge in [-0.05, 0) is 30.5 Å². The zero-order chi connectivity index (χ0) is 14.1. The maximum Gasteiger partial charge on any atom is 0.178 e. The fourth-order valence-electron chi connectivity index (χ4n) is 2.00. The van der Waals surface area contributed by atoms with E-state index in [2.05, 4.69) is 15.0 Å². The number of nitrogens with zero attached hydrogens (tertiary/aromatic N) is 2. The molecule has 2 aromatic heterocycles. The summed E-state index contributed by atoms with van der Waals surface area (Å²) in [5.41, 5.74) is 2.35. The summed E-state index contributed by atoms with van der Waals surface area (Å²) in [6, 6.07) is 7.83. The molecule has 1 aromatic carbocycles. The molecule has 0 bridgehead atoms.